The Morgan fingerprint density at radius 1 is 0.808 bits per heavy atom. The number of hydrogen-bond acceptors (Lipinski definition) is 3. The molecule has 0 amide bonds. The van der Waals surface area contributed by atoms with Gasteiger partial charge in [-0.1, -0.05) is 64.7 Å². The van der Waals surface area contributed by atoms with Crippen molar-refractivity contribution in [3.05, 3.63) is 0 Å². The Kier molecular flexibility index (Phi) is 13.1. The monoisotopic (exact) mass is 392 g/mol. The van der Waals surface area contributed by atoms with Crippen LogP contribution in [0.3, 0.4) is 0 Å². The van der Waals surface area contributed by atoms with Crippen LogP contribution in [-0.4, -0.2) is 49.3 Å². The summed E-state index contributed by atoms with van der Waals surface area (Å²) in [6.07, 6.45) is 16.2. The minimum absolute atomic E-state index is 0.294. The zero-order valence-electron chi connectivity index (χ0n) is 17.3. The Morgan fingerprint density at radius 2 is 1.31 bits per heavy atom. The number of hydrogen-bond donors (Lipinski definition) is 1. The Bertz CT molecular complexity index is 386. The molecule has 0 spiro atoms. The van der Waals surface area contributed by atoms with Crippen molar-refractivity contribution in [3.8, 4) is 0 Å². The van der Waals surface area contributed by atoms with Gasteiger partial charge in [0.15, 0.2) is 0 Å². The van der Waals surface area contributed by atoms with Crippen molar-refractivity contribution in [2.45, 2.75) is 90.4 Å². The molecule has 1 heterocycles. The van der Waals surface area contributed by atoms with Gasteiger partial charge in [0, 0.05) is 0 Å². The van der Waals surface area contributed by atoms with Crippen LogP contribution < -0.4 is 0 Å². The summed E-state index contributed by atoms with van der Waals surface area (Å²) in [6.45, 7) is 5.91. The van der Waals surface area contributed by atoms with Crippen molar-refractivity contribution < 1.29 is 23.0 Å². The van der Waals surface area contributed by atoms with Crippen LogP contribution in [0.5, 0.6) is 0 Å². The van der Waals surface area contributed by atoms with Crippen molar-refractivity contribution >= 4 is 7.82 Å². The highest BCUT2D eigenvalue weighted by atomic mass is 31.2. The zero-order chi connectivity index (χ0) is 19.1. The van der Waals surface area contributed by atoms with E-state index >= 15 is 0 Å². The topological polar surface area (TPSA) is 55.8 Å². The van der Waals surface area contributed by atoms with Gasteiger partial charge in [0.2, 0.25) is 0 Å². The number of likely N-dealkylation sites (N-methyl/N-ethyl adjacent to an activating group) is 1. The maximum absolute atomic E-state index is 11.9. The quantitative estimate of drug-likeness (QED) is 0.209. The Morgan fingerprint density at radius 3 is 1.88 bits per heavy atom. The first kappa shape index (κ1) is 24.1. The molecule has 26 heavy (non-hydrogen) atoms. The van der Waals surface area contributed by atoms with E-state index in [1.807, 2.05) is 0 Å². The molecule has 0 saturated carbocycles. The smallest absolute Gasteiger partial charge is 0.324 e. The highest BCUT2D eigenvalue weighted by Crippen LogP contribution is 2.43. The standard InChI is InChI=1S/C20H42NO4P/c1-3-4-5-6-7-8-9-10-11-15-19-24-26(22,23)25-20-18-21(2)16-13-12-14-17-21/h3-20H2,1-2H3/p+1. The molecule has 1 fully saturated rings. The van der Waals surface area contributed by atoms with Crippen molar-refractivity contribution in [2.75, 3.05) is 39.9 Å². The molecule has 1 N–H and O–H groups in total. The Hall–Kier alpha value is 0.0700. The first-order chi connectivity index (χ1) is 12.5. The second-order valence-electron chi connectivity index (χ2n) is 8.17. The Labute approximate surface area is 161 Å². The van der Waals surface area contributed by atoms with Crippen molar-refractivity contribution in [3.63, 3.8) is 0 Å². The van der Waals surface area contributed by atoms with Crippen molar-refractivity contribution in [1.29, 1.82) is 0 Å². The molecule has 1 aliphatic rings. The van der Waals surface area contributed by atoms with Crippen LogP contribution >= 0.6 is 7.82 Å². The molecule has 0 aliphatic carbocycles. The van der Waals surface area contributed by atoms with E-state index < -0.39 is 7.82 Å². The minimum atomic E-state index is -3.88. The van der Waals surface area contributed by atoms with E-state index in [0.29, 0.717) is 13.2 Å². The van der Waals surface area contributed by atoms with Crippen molar-refractivity contribution in [1.82, 2.24) is 0 Å². The highest BCUT2D eigenvalue weighted by molar-refractivity contribution is 7.47. The summed E-state index contributed by atoms with van der Waals surface area (Å²) in [5.41, 5.74) is 0. The predicted octanol–water partition coefficient (Wildman–Crippen LogP) is 5.67. The molecule has 156 valence electrons. The van der Waals surface area contributed by atoms with Gasteiger partial charge in [-0.2, -0.15) is 0 Å². The van der Waals surface area contributed by atoms with E-state index in [4.69, 9.17) is 9.05 Å². The molecule has 1 rings (SSSR count). The minimum Gasteiger partial charge on any atom is -0.324 e. The second-order valence-corrected chi connectivity index (χ2v) is 9.62. The molecule has 0 aromatic carbocycles. The number of phosphoric ester groups is 1. The van der Waals surface area contributed by atoms with Gasteiger partial charge in [-0.15, -0.1) is 0 Å². The largest absolute Gasteiger partial charge is 0.472 e. The van der Waals surface area contributed by atoms with Gasteiger partial charge < -0.3 is 9.38 Å². The van der Waals surface area contributed by atoms with Crippen molar-refractivity contribution in [2.24, 2.45) is 0 Å². The molecule has 1 aliphatic heterocycles. The lowest BCUT2D eigenvalue weighted by Crippen LogP contribution is -2.49. The Balaban J connectivity index is 1.94. The third-order valence-electron chi connectivity index (χ3n) is 5.53. The average molecular weight is 393 g/mol. The number of rotatable bonds is 16. The second kappa shape index (κ2) is 14.1. The maximum Gasteiger partial charge on any atom is 0.472 e. The lowest BCUT2D eigenvalue weighted by molar-refractivity contribution is -0.914. The fourth-order valence-electron chi connectivity index (χ4n) is 3.68. The van der Waals surface area contributed by atoms with E-state index in [1.165, 1.54) is 70.6 Å². The van der Waals surface area contributed by atoms with E-state index in [1.54, 1.807) is 0 Å². The number of nitrogens with zero attached hydrogens (tertiary/aromatic N) is 1. The molecule has 0 aromatic heterocycles. The normalized spacial score (nSPS) is 19.3. The van der Waals surface area contributed by atoms with E-state index in [2.05, 4.69) is 14.0 Å². The lowest BCUT2D eigenvalue weighted by Gasteiger charge is -2.37. The van der Waals surface area contributed by atoms with E-state index in [9.17, 15) is 9.46 Å². The fourth-order valence-corrected chi connectivity index (χ4v) is 4.43. The van der Waals surface area contributed by atoms with Crippen LogP contribution in [0.15, 0.2) is 0 Å². The molecule has 1 unspecified atom stereocenters. The fraction of sp³-hybridized carbons (Fsp3) is 1.00. The summed E-state index contributed by atoms with van der Waals surface area (Å²) in [4.78, 5) is 9.78. The van der Waals surface area contributed by atoms with Crippen LogP contribution in [0.4, 0.5) is 0 Å². The van der Waals surface area contributed by atoms with Crippen LogP contribution in [0.1, 0.15) is 90.4 Å². The number of phosphoric acid groups is 1. The van der Waals surface area contributed by atoms with E-state index in [0.717, 1.165) is 37.0 Å². The first-order valence-electron chi connectivity index (χ1n) is 10.9. The predicted molar refractivity (Wildman–Crippen MR) is 108 cm³/mol. The lowest BCUT2D eigenvalue weighted by atomic mass is 10.1. The van der Waals surface area contributed by atoms with Gasteiger partial charge in [-0.3, -0.25) is 9.05 Å². The number of unbranched alkanes of at least 4 members (excludes halogenated alkanes) is 9. The molecule has 6 heteroatoms. The first-order valence-corrected chi connectivity index (χ1v) is 12.4. The number of piperidine rings is 1. The van der Waals surface area contributed by atoms with Crippen LogP contribution in [-0.2, 0) is 13.6 Å². The molecular weight excluding hydrogens is 349 g/mol. The molecule has 1 atom stereocenters. The molecule has 0 aromatic rings. The van der Waals surface area contributed by atoms with Gasteiger partial charge in [0.25, 0.3) is 0 Å². The summed E-state index contributed by atoms with van der Waals surface area (Å²) in [5, 5.41) is 0. The molecule has 1 saturated heterocycles. The van der Waals surface area contributed by atoms with Gasteiger partial charge >= 0.3 is 7.82 Å². The van der Waals surface area contributed by atoms with E-state index in [-0.39, 0.29) is 0 Å². The van der Waals surface area contributed by atoms with Gasteiger partial charge in [-0.25, -0.2) is 4.57 Å². The summed E-state index contributed by atoms with van der Waals surface area (Å²) in [5.74, 6) is 0. The van der Waals surface area contributed by atoms with Crippen LogP contribution in [0, 0.1) is 0 Å². The summed E-state index contributed by atoms with van der Waals surface area (Å²) in [6, 6.07) is 0. The molecular formula is C20H43NO4P+. The summed E-state index contributed by atoms with van der Waals surface area (Å²) < 4.78 is 23.1. The number of quaternary nitrogens is 1. The zero-order valence-corrected chi connectivity index (χ0v) is 18.2. The average Bonchev–Trinajstić information content (AvgIpc) is 2.60. The van der Waals surface area contributed by atoms with Gasteiger partial charge in [0.05, 0.1) is 26.7 Å². The number of likely N-dealkylation sites (tertiary alicyclic amines) is 1. The summed E-state index contributed by atoms with van der Waals surface area (Å²) >= 11 is 0. The van der Waals surface area contributed by atoms with Crippen LogP contribution in [0.25, 0.3) is 0 Å². The summed E-state index contributed by atoms with van der Waals surface area (Å²) in [7, 11) is -1.67. The maximum atomic E-state index is 11.9. The third kappa shape index (κ3) is 12.5. The molecule has 5 nitrogen and oxygen atoms in total. The highest BCUT2D eigenvalue weighted by Gasteiger charge is 2.27. The molecule has 0 radical (unpaired) electrons. The third-order valence-corrected chi connectivity index (χ3v) is 6.55. The van der Waals surface area contributed by atoms with Gasteiger partial charge in [-0.05, 0) is 25.7 Å². The van der Waals surface area contributed by atoms with Crippen LogP contribution in [0.2, 0.25) is 0 Å². The SMILES string of the molecule is CCCCCCCCCCCCOP(=O)(O)OCC[N+]1(C)CCCCC1. The van der Waals surface area contributed by atoms with Gasteiger partial charge in [0.1, 0.15) is 13.2 Å². The molecule has 0 bridgehead atoms.